The van der Waals surface area contributed by atoms with Gasteiger partial charge in [0.1, 0.15) is 0 Å². The number of benzene rings is 1. The zero-order valence-corrected chi connectivity index (χ0v) is 11.5. The Morgan fingerprint density at radius 3 is 3.00 bits per heavy atom. The molecule has 0 aliphatic carbocycles. The van der Waals surface area contributed by atoms with Crippen LogP contribution in [0.3, 0.4) is 0 Å². The van der Waals surface area contributed by atoms with Crippen LogP contribution in [0.25, 0.3) is 0 Å². The van der Waals surface area contributed by atoms with Crippen LogP contribution in [0, 0.1) is 0 Å². The molecule has 0 unspecified atom stereocenters. The maximum absolute atomic E-state index is 12.0. The lowest BCUT2D eigenvalue weighted by Gasteiger charge is -2.16. The van der Waals surface area contributed by atoms with Crippen LogP contribution in [-0.2, 0) is 11.2 Å². The molecule has 1 aromatic rings. The fourth-order valence-electron chi connectivity index (χ4n) is 1.92. The van der Waals surface area contributed by atoms with Gasteiger partial charge in [-0.2, -0.15) is 0 Å². The Morgan fingerprint density at radius 1 is 1.59 bits per heavy atom. The lowest BCUT2D eigenvalue weighted by atomic mass is 10.1. The average Bonchev–Trinajstić information content (AvgIpc) is 2.70. The van der Waals surface area contributed by atoms with Gasteiger partial charge in [-0.1, -0.05) is 27.5 Å². The quantitative estimate of drug-likeness (QED) is 0.908. The number of carbonyl (C=O) groups excluding carboxylic acids is 1. The molecule has 1 saturated heterocycles. The average molecular weight is 319 g/mol. The SMILES string of the molecule is O=C(Cc1cc(Cl)ccc1Br)N1CC[C@H](O)C1. The zero-order chi connectivity index (χ0) is 12.4. The molecule has 5 heteroatoms. The molecule has 0 saturated carbocycles. The summed E-state index contributed by atoms with van der Waals surface area (Å²) in [5.41, 5.74) is 0.879. The maximum Gasteiger partial charge on any atom is 0.227 e. The van der Waals surface area contributed by atoms with Crippen molar-refractivity contribution in [1.29, 1.82) is 0 Å². The lowest BCUT2D eigenvalue weighted by Crippen LogP contribution is -2.30. The minimum atomic E-state index is -0.373. The summed E-state index contributed by atoms with van der Waals surface area (Å²) in [7, 11) is 0. The van der Waals surface area contributed by atoms with Gasteiger partial charge < -0.3 is 10.0 Å². The van der Waals surface area contributed by atoms with E-state index in [9.17, 15) is 9.90 Å². The van der Waals surface area contributed by atoms with Crippen LogP contribution in [0.5, 0.6) is 0 Å². The van der Waals surface area contributed by atoms with E-state index in [-0.39, 0.29) is 12.0 Å². The van der Waals surface area contributed by atoms with Crippen molar-refractivity contribution >= 4 is 33.4 Å². The van der Waals surface area contributed by atoms with Crippen molar-refractivity contribution in [2.24, 2.45) is 0 Å². The third kappa shape index (κ3) is 3.21. The molecule has 0 spiro atoms. The minimum absolute atomic E-state index is 0.0320. The smallest absolute Gasteiger partial charge is 0.227 e. The van der Waals surface area contributed by atoms with Crippen LogP contribution in [0.2, 0.25) is 5.02 Å². The monoisotopic (exact) mass is 317 g/mol. The highest BCUT2D eigenvalue weighted by molar-refractivity contribution is 9.10. The normalized spacial score (nSPS) is 19.7. The molecule has 1 fully saturated rings. The summed E-state index contributed by atoms with van der Waals surface area (Å²) in [4.78, 5) is 13.7. The maximum atomic E-state index is 12.0. The summed E-state index contributed by atoms with van der Waals surface area (Å²) in [6.07, 6.45) is 0.609. The topological polar surface area (TPSA) is 40.5 Å². The van der Waals surface area contributed by atoms with Gasteiger partial charge in [0.25, 0.3) is 0 Å². The third-order valence-electron chi connectivity index (χ3n) is 2.87. The molecule has 1 heterocycles. The summed E-state index contributed by atoms with van der Waals surface area (Å²) < 4.78 is 0.884. The van der Waals surface area contributed by atoms with Crippen LogP contribution in [0.4, 0.5) is 0 Å². The number of carbonyl (C=O) groups is 1. The van der Waals surface area contributed by atoms with Gasteiger partial charge in [0.05, 0.1) is 12.5 Å². The molecule has 3 nitrogen and oxygen atoms in total. The fraction of sp³-hybridized carbons (Fsp3) is 0.417. The van der Waals surface area contributed by atoms with Gasteiger partial charge >= 0.3 is 0 Å². The Kier molecular flexibility index (Phi) is 4.07. The number of halogens is 2. The molecule has 1 aromatic carbocycles. The van der Waals surface area contributed by atoms with Gasteiger partial charge in [0, 0.05) is 22.6 Å². The first kappa shape index (κ1) is 12.9. The van der Waals surface area contributed by atoms with E-state index in [0.29, 0.717) is 31.0 Å². The van der Waals surface area contributed by atoms with Crippen LogP contribution in [0.15, 0.2) is 22.7 Å². The number of rotatable bonds is 2. The summed E-state index contributed by atoms with van der Waals surface area (Å²) in [5, 5.41) is 10.0. The molecule has 1 atom stereocenters. The molecular weight excluding hydrogens is 305 g/mol. The minimum Gasteiger partial charge on any atom is -0.391 e. The molecule has 1 amide bonds. The first-order valence-corrected chi connectivity index (χ1v) is 6.63. The molecule has 1 aliphatic rings. The Bertz CT molecular complexity index is 439. The summed E-state index contributed by atoms with van der Waals surface area (Å²) in [5.74, 6) is 0.0320. The van der Waals surface area contributed by atoms with Crippen LogP contribution in [-0.4, -0.2) is 35.1 Å². The number of aliphatic hydroxyl groups is 1. The molecule has 0 aromatic heterocycles. The van der Waals surface area contributed by atoms with E-state index >= 15 is 0 Å². The molecule has 17 heavy (non-hydrogen) atoms. The van der Waals surface area contributed by atoms with E-state index in [4.69, 9.17) is 11.6 Å². The predicted molar refractivity (Wildman–Crippen MR) is 70.1 cm³/mol. The van der Waals surface area contributed by atoms with Crippen LogP contribution >= 0.6 is 27.5 Å². The van der Waals surface area contributed by atoms with Gasteiger partial charge in [-0.05, 0) is 30.2 Å². The molecule has 1 N–H and O–H groups in total. The molecule has 1 aliphatic heterocycles. The molecule has 92 valence electrons. The van der Waals surface area contributed by atoms with Crippen molar-refractivity contribution < 1.29 is 9.90 Å². The number of likely N-dealkylation sites (tertiary alicyclic amines) is 1. The molecular formula is C12H13BrClNO2. The summed E-state index contributed by atoms with van der Waals surface area (Å²) in [6.45, 7) is 1.08. The first-order valence-electron chi connectivity index (χ1n) is 5.46. The van der Waals surface area contributed by atoms with Crippen LogP contribution in [0.1, 0.15) is 12.0 Å². The van der Waals surface area contributed by atoms with Crippen molar-refractivity contribution in [3.63, 3.8) is 0 Å². The lowest BCUT2D eigenvalue weighted by molar-refractivity contribution is -0.129. The Labute approximate surface area is 114 Å². The van der Waals surface area contributed by atoms with E-state index in [1.165, 1.54) is 0 Å². The van der Waals surface area contributed by atoms with Gasteiger partial charge in [-0.15, -0.1) is 0 Å². The Balaban J connectivity index is 2.05. The Hall–Kier alpha value is -0.580. The number of amides is 1. The summed E-state index contributed by atoms with van der Waals surface area (Å²) >= 11 is 9.30. The van der Waals surface area contributed by atoms with Crippen molar-refractivity contribution in [2.45, 2.75) is 18.9 Å². The van der Waals surface area contributed by atoms with E-state index in [0.717, 1.165) is 10.0 Å². The van der Waals surface area contributed by atoms with Crippen LogP contribution < -0.4 is 0 Å². The number of nitrogens with zero attached hydrogens (tertiary/aromatic N) is 1. The highest BCUT2D eigenvalue weighted by Crippen LogP contribution is 2.22. The van der Waals surface area contributed by atoms with Gasteiger partial charge in [0.15, 0.2) is 0 Å². The number of hydrogen-bond donors (Lipinski definition) is 1. The molecule has 2 rings (SSSR count). The highest BCUT2D eigenvalue weighted by Gasteiger charge is 2.24. The first-order chi connectivity index (χ1) is 8.06. The van der Waals surface area contributed by atoms with Gasteiger partial charge in [-0.3, -0.25) is 4.79 Å². The number of β-amino-alcohol motifs (C(OH)–C–C–N with tert-alkyl or cyclic N) is 1. The van der Waals surface area contributed by atoms with E-state index in [1.54, 1.807) is 17.0 Å². The van der Waals surface area contributed by atoms with E-state index in [1.807, 2.05) is 6.07 Å². The molecule has 0 radical (unpaired) electrons. The van der Waals surface area contributed by atoms with Gasteiger partial charge in [0.2, 0.25) is 5.91 Å². The summed E-state index contributed by atoms with van der Waals surface area (Å²) in [6, 6.07) is 5.40. The fourth-order valence-corrected chi connectivity index (χ4v) is 2.50. The number of hydrogen-bond acceptors (Lipinski definition) is 2. The second-order valence-electron chi connectivity index (χ2n) is 4.19. The Morgan fingerprint density at radius 2 is 2.35 bits per heavy atom. The van der Waals surface area contributed by atoms with E-state index in [2.05, 4.69) is 15.9 Å². The second-order valence-corrected chi connectivity index (χ2v) is 5.49. The van der Waals surface area contributed by atoms with Crippen molar-refractivity contribution in [3.8, 4) is 0 Å². The number of aliphatic hydroxyl groups excluding tert-OH is 1. The second kappa shape index (κ2) is 5.38. The van der Waals surface area contributed by atoms with Crippen molar-refractivity contribution in [1.82, 2.24) is 4.90 Å². The highest BCUT2D eigenvalue weighted by atomic mass is 79.9. The molecule has 0 bridgehead atoms. The van der Waals surface area contributed by atoms with Gasteiger partial charge in [-0.25, -0.2) is 0 Å². The largest absolute Gasteiger partial charge is 0.391 e. The van der Waals surface area contributed by atoms with E-state index < -0.39 is 0 Å². The third-order valence-corrected chi connectivity index (χ3v) is 3.87. The predicted octanol–water partition coefficient (Wildman–Crippen LogP) is 2.24. The zero-order valence-electron chi connectivity index (χ0n) is 9.20. The van der Waals surface area contributed by atoms with Crippen molar-refractivity contribution in [3.05, 3.63) is 33.3 Å². The standard InChI is InChI=1S/C12H13BrClNO2/c13-11-2-1-9(14)5-8(11)6-12(17)15-4-3-10(16)7-15/h1-2,5,10,16H,3-4,6-7H2/t10-/m0/s1. The van der Waals surface area contributed by atoms with Crippen molar-refractivity contribution in [2.75, 3.05) is 13.1 Å².